The molecule has 0 aliphatic heterocycles. The Labute approximate surface area is 106 Å². The third-order valence-corrected chi connectivity index (χ3v) is 2.79. The largest absolute Gasteiger partial charge is 0.469 e. The molecule has 18 heavy (non-hydrogen) atoms. The highest BCUT2D eigenvalue weighted by Crippen LogP contribution is 2.24. The van der Waals surface area contributed by atoms with Crippen LogP contribution in [0.3, 0.4) is 0 Å². The molecule has 2 rings (SSSR count). The Morgan fingerprint density at radius 2 is 1.78 bits per heavy atom. The minimum Gasteiger partial charge on any atom is -0.469 e. The monoisotopic (exact) mass is 244 g/mol. The summed E-state index contributed by atoms with van der Waals surface area (Å²) in [6.07, 6.45) is 1.45. The summed E-state index contributed by atoms with van der Waals surface area (Å²) >= 11 is 0. The Morgan fingerprint density at radius 1 is 1.17 bits per heavy atom. The molecule has 0 bridgehead atoms. The molecule has 0 aliphatic carbocycles. The van der Waals surface area contributed by atoms with Crippen LogP contribution >= 0.6 is 0 Å². The van der Waals surface area contributed by atoms with Gasteiger partial charge >= 0.3 is 0 Å². The first-order chi connectivity index (χ1) is 8.47. The maximum atomic E-state index is 12.0. The van der Waals surface area contributed by atoms with Crippen LogP contribution in [0.2, 0.25) is 0 Å². The molecule has 0 saturated carbocycles. The zero-order valence-corrected chi connectivity index (χ0v) is 10.7. The van der Waals surface area contributed by atoms with E-state index in [1.807, 2.05) is 26.0 Å². The number of furan rings is 1. The molecule has 1 aromatic carbocycles. The highest BCUT2D eigenvalue weighted by molar-refractivity contribution is 6.05. The number of rotatable bonds is 2. The van der Waals surface area contributed by atoms with E-state index in [1.54, 1.807) is 13.0 Å². The Bertz CT molecular complexity index is 577. The van der Waals surface area contributed by atoms with E-state index in [1.165, 1.54) is 6.26 Å². The summed E-state index contributed by atoms with van der Waals surface area (Å²) in [5.41, 5.74) is 9.65. The number of aryl methyl sites for hydroxylation is 3. The van der Waals surface area contributed by atoms with E-state index < -0.39 is 0 Å². The quantitative estimate of drug-likeness (QED) is 0.798. The molecule has 0 spiro atoms. The van der Waals surface area contributed by atoms with Gasteiger partial charge in [0.1, 0.15) is 12.0 Å². The van der Waals surface area contributed by atoms with Crippen molar-refractivity contribution in [2.24, 2.45) is 0 Å². The Kier molecular flexibility index (Phi) is 3.10. The molecule has 1 amide bonds. The fraction of sp³-hybridized carbons (Fsp3) is 0.214. The predicted molar refractivity (Wildman–Crippen MR) is 71.7 cm³/mol. The highest BCUT2D eigenvalue weighted by atomic mass is 16.3. The molecule has 94 valence electrons. The van der Waals surface area contributed by atoms with E-state index in [0.29, 0.717) is 17.0 Å². The molecule has 0 unspecified atom stereocenters. The zero-order valence-electron chi connectivity index (χ0n) is 10.7. The lowest BCUT2D eigenvalue weighted by Crippen LogP contribution is -2.13. The molecule has 0 atom stereocenters. The Balaban J connectivity index is 2.27. The van der Waals surface area contributed by atoms with E-state index in [4.69, 9.17) is 10.2 Å². The summed E-state index contributed by atoms with van der Waals surface area (Å²) in [6.45, 7) is 5.63. The number of anilines is 2. The van der Waals surface area contributed by atoms with Crippen molar-refractivity contribution in [3.05, 3.63) is 46.9 Å². The van der Waals surface area contributed by atoms with Crippen molar-refractivity contribution in [2.45, 2.75) is 20.8 Å². The van der Waals surface area contributed by atoms with Crippen molar-refractivity contribution >= 4 is 17.3 Å². The van der Waals surface area contributed by atoms with Crippen molar-refractivity contribution in [1.29, 1.82) is 0 Å². The van der Waals surface area contributed by atoms with Gasteiger partial charge in [0, 0.05) is 11.4 Å². The fourth-order valence-electron chi connectivity index (χ4n) is 1.94. The van der Waals surface area contributed by atoms with Crippen LogP contribution in [0.4, 0.5) is 11.4 Å². The standard InChI is InChI=1S/C14H16N2O2/c1-8-4-12(15)5-9(2)13(8)16-14(17)11-6-10(3)18-7-11/h4-7H,15H2,1-3H3,(H,16,17). The number of benzene rings is 1. The number of amides is 1. The van der Waals surface area contributed by atoms with Gasteiger partial charge in [-0.25, -0.2) is 0 Å². The van der Waals surface area contributed by atoms with E-state index in [2.05, 4.69) is 5.32 Å². The number of hydrogen-bond donors (Lipinski definition) is 2. The van der Waals surface area contributed by atoms with Gasteiger partial charge in [0.15, 0.2) is 0 Å². The molecule has 0 radical (unpaired) electrons. The maximum Gasteiger partial charge on any atom is 0.258 e. The SMILES string of the molecule is Cc1cc(C(=O)Nc2c(C)cc(N)cc2C)co1. The Morgan fingerprint density at radius 3 is 2.28 bits per heavy atom. The molecule has 0 aliphatic rings. The van der Waals surface area contributed by atoms with Crippen LogP contribution < -0.4 is 11.1 Å². The lowest BCUT2D eigenvalue weighted by Gasteiger charge is -2.11. The minimum atomic E-state index is -0.178. The fourth-order valence-corrected chi connectivity index (χ4v) is 1.94. The highest BCUT2D eigenvalue weighted by Gasteiger charge is 2.12. The molecular formula is C14H16N2O2. The van der Waals surface area contributed by atoms with Crippen LogP contribution in [0.5, 0.6) is 0 Å². The smallest absolute Gasteiger partial charge is 0.258 e. The molecule has 1 aromatic heterocycles. The van der Waals surface area contributed by atoms with Gasteiger partial charge in [-0.2, -0.15) is 0 Å². The summed E-state index contributed by atoms with van der Waals surface area (Å²) in [5.74, 6) is 0.536. The minimum absolute atomic E-state index is 0.178. The van der Waals surface area contributed by atoms with Gasteiger partial charge in [-0.3, -0.25) is 4.79 Å². The van der Waals surface area contributed by atoms with E-state index >= 15 is 0 Å². The van der Waals surface area contributed by atoms with Crippen molar-refractivity contribution < 1.29 is 9.21 Å². The van der Waals surface area contributed by atoms with Gasteiger partial charge in [-0.15, -0.1) is 0 Å². The lowest BCUT2D eigenvalue weighted by molar-refractivity contribution is 0.102. The molecule has 0 fully saturated rings. The van der Waals surface area contributed by atoms with Crippen molar-refractivity contribution in [3.8, 4) is 0 Å². The second-order valence-corrected chi connectivity index (χ2v) is 4.43. The third-order valence-electron chi connectivity index (χ3n) is 2.79. The van der Waals surface area contributed by atoms with Crippen LogP contribution in [0.15, 0.2) is 28.9 Å². The van der Waals surface area contributed by atoms with Gasteiger partial charge < -0.3 is 15.5 Å². The van der Waals surface area contributed by atoms with Crippen LogP contribution in [0.1, 0.15) is 27.2 Å². The molecule has 0 saturated heterocycles. The van der Waals surface area contributed by atoms with Crippen LogP contribution in [0.25, 0.3) is 0 Å². The van der Waals surface area contributed by atoms with Gasteiger partial charge in [-0.1, -0.05) is 0 Å². The van der Waals surface area contributed by atoms with E-state index in [0.717, 1.165) is 16.8 Å². The van der Waals surface area contributed by atoms with Crippen LogP contribution in [-0.2, 0) is 0 Å². The second-order valence-electron chi connectivity index (χ2n) is 4.43. The number of nitrogens with one attached hydrogen (secondary N) is 1. The number of carbonyl (C=O) groups is 1. The topological polar surface area (TPSA) is 68.3 Å². The average Bonchev–Trinajstić information content (AvgIpc) is 2.70. The zero-order chi connectivity index (χ0) is 13.3. The summed E-state index contributed by atoms with van der Waals surface area (Å²) in [5, 5.41) is 2.88. The third kappa shape index (κ3) is 2.37. The van der Waals surface area contributed by atoms with Gasteiger partial charge in [0.05, 0.1) is 5.56 Å². The van der Waals surface area contributed by atoms with Crippen molar-refractivity contribution in [1.82, 2.24) is 0 Å². The maximum absolute atomic E-state index is 12.0. The predicted octanol–water partition coefficient (Wildman–Crippen LogP) is 3.04. The molecule has 4 heteroatoms. The average molecular weight is 244 g/mol. The molecular weight excluding hydrogens is 228 g/mol. The summed E-state index contributed by atoms with van der Waals surface area (Å²) in [6, 6.07) is 5.38. The normalized spacial score (nSPS) is 10.4. The number of nitrogens with two attached hydrogens (primary N) is 1. The first kappa shape index (κ1) is 12.2. The van der Waals surface area contributed by atoms with Gasteiger partial charge in [-0.05, 0) is 50.1 Å². The van der Waals surface area contributed by atoms with E-state index in [-0.39, 0.29) is 5.91 Å². The molecule has 1 heterocycles. The Hall–Kier alpha value is -2.23. The second kappa shape index (κ2) is 4.56. The first-order valence-electron chi connectivity index (χ1n) is 5.70. The van der Waals surface area contributed by atoms with Crippen LogP contribution in [0, 0.1) is 20.8 Å². The summed E-state index contributed by atoms with van der Waals surface area (Å²) in [4.78, 5) is 12.0. The lowest BCUT2D eigenvalue weighted by atomic mass is 10.1. The van der Waals surface area contributed by atoms with E-state index in [9.17, 15) is 4.79 Å². The van der Waals surface area contributed by atoms with Crippen LogP contribution in [-0.4, -0.2) is 5.91 Å². The summed E-state index contributed by atoms with van der Waals surface area (Å²) in [7, 11) is 0. The van der Waals surface area contributed by atoms with Crippen molar-refractivity contribution in [3.63, 3.8) is 0 Å². The number of hydrogen-bond acceptors (Lipinski definition) is 3. The first-order valence-corrected chi connectivity index (χ1v) is 5.70. The van der Waals surface area contributed by atoms with Gasteiger partial charge in [0.2, 0.25) is 0 Å². The number of nitrogen functional groups attached to an aromatic ring is 1. The summed E-state index contributed by atoms with van der Waals surface area (Å²) < 4.78 is 5.12. The molecule has 3 N–H and O–H groups in total. The molecule has 2 aromatic rings. The van der Waals surface area contributed by atoms with Gasteiger partial charge in [0.25, 0.3) is 5.91 Å². The molecule has 4 nitrogen and oxygen atoms in total. The number of carbonyl (C=O) groups excluding carboxylic acids is 1. The van der Waals surface area contributed by atoms with Crippen molar-refractivity contribution in [2.75, 3.05) is 11.1 Å².